The van der Waals surface area contributed by atoms with Gasteiger partial charge in [-0.1, -0.05) is 72.8 Å². The minimum atomic E-state index is 0.568. The first-order valence-corrected chi connectivity index (χ1v) is 12.6. The second-order valence-electron chi connectivity index (χ2n) is 9.15. The standard InChI is InChI=1S/C34H23N3O/c1-4-11-24(12-5-1)26-21-27(34-36-33-31(38-34)19-18-25-13-10-20-35-32(25)33)23-30(22-26)37(28-14-6-2-7-15-28)29-16-8-3-9-17-29/h1-23H. The molecule has 2 aromatic heterocycles. The molecule has 0 saturated carbocycles. The molecule has 4 heteroatoms. The van der Waals surface area contributed by atoms with Crippen LogP contribution in [0.1, 0.15) is 0 Å². The van der Waals surface area contributed by atoms with Crippen LogP contribution in [0, 0.1) is 0 Å². The van der Waals surface area contributed by atoms with Gasteiger partial charge in [0, 0.05) is 34.2 Å². The molecule has 4 nitrogen and oxygen atoms in total. The monoisotopic (exact) mass is 489 g/mol. The predicted molar refractivity (Wildman–Crippen MR) is 155 cm³/mol. The summed E-state index contributed by atoms with van der Waals surface area (Å²) in [5.41, 5.74) is 8.61. The normalized spacial score (nSPS) is 11.2. The molecule has 0 aliphatic rings. The van der Waals surface area contributed by atoms with Gasteiger partial charge in [-0.05, 0) is 71.8 Å². The van der Waals surface area contributed by atoms with E-state index in [-0.39, 0.29) is 0 Å². The molecular weight excluding hydrogens is 466 g/mol. The number of aromatic nitrogens is 2. The third-order valence-electron chi connectivity index (χ3n) is 6.69. The van der Waals surface area contributed by atoms with Gasteiger partial charge in [0.05, 0.1) is 5.52 Å². The molecular formula is C34H23N3O. The first-order chi connectivity index (χ1) is 18.8. The minimum Gasteiger partial charge on any atom is -0.436 e. The van der Waals surface area contributed by atoms with Crippen molar-refractivity contribution >= 4 is 39.1 Å². The van der Waals surface area contributed by atoms with Gasteiger partial charge in [-0.25, -0.2) is 4.98 Å². The van der Waals surface area contributed by atoms with Crippen molar-refractivity contribution < 1.29 is 4.42 Å². The van der Waals surface area contributed by atoms with Crippen LogP contribution in [0.15, 0.2) is 144 Å². The summed E-state index contributed by atoms with van der Waals surface area (Å²) in [5, 5.41) is 1.04. The Morgan fingerprint density at radius 1 is 0.500 bits per heavy atom. The van der Waals surface area contributed by atoms with E-state index in [0.717, 1.165) is 55.8 Å². The Balaban J connectivity index is 1.47. The number of benzene rings is 5. The van der Waals surface area contributed by atoms with E-state index >= 15 is 0 Å². The van der Waals surface area contributed by atoms with Gasteiger partial charge in [0.15, 0.2) is 5.58 Å². The van der Waals surface area contributed by atoms with Crippen molar-refractivity contribution in [2.45, 2.75) is 0 Å². The SMILES string of the molecule is c1ccc(-c2cc(-c3nc4c(ccc5cccnc54)o3)cc(N(c3ccccc3)c3ccccc3)c2)cc1. The lowest BCUT2D eigenvalue weighted by molar-refractivity contribution is 0.620. The van der Waals surface area contributed by atoms with Gasteiger partial charge in [0.25, 0.3) is 0 Å². The summed E-state index contributed by atoms with van der Waals surface area (Å²) in [6.07, 6.45) is 1.79. The zero-order valence-corrected chi connectivity index (χ0v) is 20.5. The first kappa shape index (κ1) is 22.0. The van der Waals surface area contributed by atoms with Gasteiger partial charge in [-0.2, -0.15) is 0 Å². The van der Waals surface area contributed by atoms with Crippen LogP contribution >= 0.6 is 0 Å². The Labute approximate surface area is 220 Å². The molecule has 2 heterocycles. The van der Waals surface area contributed by atoms with Crippen LogP contribution in [0.5, 0.6) is 0 Å². The average molecular weight is 490 g/mol. The van der Waals surface area contributed by atoms with Crippen molar-refractivity contribution in [3.05, 3.63) is 140 Å². The van der Waals surface area contributed by atoms with Gasteiger partial charge in [-0.3, -0.25) is 4.98 Å². The van der Waals surface area contributed by atoms with Crippen LogP contribution in [-0.2, 0) is 0 Å². The molecule has 0 unspecified atom stereocenters. The lowest BCUT2D eigenvalue weighted by atomic mass is 10.0. The number of hydrogen-bond donors (Lipinski definition) is 0. The average Bonchev–Trinajstić information content (AvgIpc) is 3.44. The van der Waals surface area contributed by atoms with E-state index in [0.29, 0.717) is 5.89 Å². The molecule has 0 bridgehead atoms. The molecule has 7 aromatic rings. The second-order valence-corrected chi connectivity index (χ2v) is 9.15. The highest BCUT2D eigenvalue weighted by Crippen LogP contribution is 2.40. The summed E-state index contributed by atoms with van der Waals surface area (Å²) in [5.74, 6) is 0.568. The molecule has 0 amide bonds. The van der Waals surface area contributed by atoms with Crippen LogP contribution in [-0.4, -0.2) is 9.97 Å². The predicted octanol–water partition coefficient (Wildman–Crippen LogP) is 9.18. The summed E-state index contributed by atoms with van der Waals surface area (Å²) in [6, 6.07) is 45.7. The number of nitrogens with zero attached hydrogens (tertiary/aromatic N) is 3. The summed E-state index contributed by atoms with van der Waals surface area (Å²) >= 11 is 0. The van der Waals surface area contributed by atoms with E-state index in [1.165, 1.54) is 0 Å². The Bertz CT molecular complexity index is 1820. The molecule has 180 valence electrons. The fourth-order valence-electron chi connectivity index (χ4n) is 4.92. The molecule has 38 heavy (non-hydrogen) atoms. The lowest BCUT2D eigenvalue weighted by Crippen LogP contribution is -2.10. The third kappa shape index (κ3) is 3.98. The van der Waals surface area contributed by atoms with Crippen LogP contribution in [0.25, 0.3) is 44.6 Å². The highest BCUT2D eigenvalue weighted by Gasteiger charge is 2.18. The topological polar surface area (TPSA) is 42.2 Å². The molecule has 5 aromatic carbocycles. The van der Waals surface area contributed by atoms with Crippen molar-refractivity contribution in [1.29, 1.82) is 0 Å². The van der Waals surface area contributed by atoms with E-state index in [1.807, 2.05) is 42.5 Å². The number of pyridine rings is 1. The Morgan fingerprint density at radius 3 is 1.87 bits per heavy atom. The van der Waals surface area contributed by atoms with Gasteiger partial charge in [-0.15, -0.1) is 0 Å². The second kappa shape index (κ2) is 9.34. The third-order valence-corrected chi connectivity index (χ3v) is 6.69. The number of hydrogen-bond acceptors (Lipinski definition) is 4. The van der Waals surface area contributed by atoms with Crippen LogP contribution < -0.4 is 4.90 Å². The Hall–Kier alpha value is -5.22. The fraction of sp³-hybridized carbons (Fsp3) is 0. The van der Waals surface area contributed by atoms with Crippen LogP contribution in [0.2, 0.25) is 0 Å². The molecule has 0 atom stereocenters. The lowest BCUT2D eigenvalue weighted by Gasteiger charge is -2.26. The maximum absolute atomic E-state index is 6.33. The summed E-state index contributed by atoms with van der Waals surface area (Å²) in [6.45, 7) is 0. The smallest absolute Gasteiger partial charge is 0.227 e. The molecule has 0 aliphatic heterocycles. The van der Waals surface area contributed by atoms with E-state index in [4.69, 9.17) is 9.40 Å². The molecule has 0 saturated heterocycles. The maximum Gasteiger partial charge on any atom is 0.227 e. The number of para-hydroxylation sites is 2. The molecule has 0 fully saturated rings. The summed E-state index contributed by atoms with van der Waals surface area (Å²) in [7, 11) is 0. The quantitative estimate of drug-likeness (QED) is 0.242. The molecule has 7 rings (SSSR count). The fourth-order valence-corrected chi connectivity index (χ4v) is 4.92. The first-order valence-electron chi connectivity index (χ1n) is 12.6. The van der Waals surface area contributed by atoms with Crippen molar-refractivity contribution in [2.24, 2.45) is 0 Å². The highest BCUT2D eigenvalue weighted by molar-refractivity contribution is 6.01. The van der Waals surface area contributed by atoms with Gasteiger partial charge < -0.3 is 9.32 Å². The highest BCUT2D eigenvalue weighted by atomic mass is 16.3. The van der Waals surface area contributed by atoms with E-state index in [2.05, 4.69) is 101 Å². The van der Waals surface area contributed by atoms with Gasteiger partial charge >= 0.3 is 0 Å². The molecule has 0 N–H and O–H groups in total. The van der Waals surface area contributed by atoms with Crippen LogP contribution in [0.4, 0.5) is 17.1 Å². The van der Waals surface area contributed by atoms with Crippen molar-refractivity contribution in [2.75, 3.05) is 4.90 Å². The van der Waals surface area contributed by atoms with Gasteiger partial charge in [0.2, 0.25) is 5.89 Å². The molecule has 0 spiro atoms. The Kier molecular flexibility index (Phi) is 5.41. The van der Waals surface area contributed by atoms with Crippen molar-refractivity contribution in [1.82, 2.24) is 9.97 Å². The molecule has 0 radical (unpaired) electrons. The number of oxazole rings is 1. The summed E-state index contributed by atoms with van der Waals surface area (Å²) in [4.78, 5) is 11.8. The number of anilines is 3. The zero-order valence-electron chi connectivity index (χ0n) is 20.5. The van der Waals surface area contributed by atoms with Crippen LogP contribution in [0.3, 0.4) is 0 Å². The minimum absolute atomic E-state index is 0.568. The van der Waals surface area contributed by atoms with Gasteiger partial charge in [0.1, 0.15) is 5.52 Å². The number of rotatable bonds is 5. The zero-order chi connectivity index (χ0) is 25.3. The number of fused-ring (bicyclic) bond motifs is 3. The Morgan fingerprint density at radius 2 is 1.16 bits per heavy atom. The molecule has 0 aliphatic carbocycles. The summed E-state index contributed by atoms with van der Waals surface area (Å²) < 4.78 is 6.33. The van der Waals surface area contributed by atoms with Crippen molar-refractivity contribution in [3.63, 3.8) is 0 Å². The van der Waals surface area contributed by atoms with E-state index in [9.17, 15) is 0 Å². The van der Waals surface area contributed by atoms with E-state index in [1.54, 1.807) is 6.20 Å². The van der Waals surface area contributed by atoms with E-state index < -0.39 is 0 Å². The maximum atomic E-state index is 6.33. The largest absolute Gasteiger partial charge is 0.436 e. The van der Waals surface area contributed by atoms with Crippen molar-refractivity contribution in [3.8, 4) is 22.6 Å².